The van der Waals surface area contributed by atoms with Crippen molar-refractivity contribution >= 4 is 16.0 Å². The molecular formula is C12H15NO4S. The molecular weight excluding hydrogens is 254 g/mol. The quantitative estimate of drug-likeness (QED) is 0.662. The van der Waals surface area contributed by atoms with Gasteiger partial charge in [-0.2, -0.15) is 0 Å². The van der Waals surface area contributed by atoms with E-state index in [0.29, 0.717) is 5.56 Å². The highest BCUT2D eigenvalue weighted by Crippen LogP contribution is 2.46. The Kier molecular flexibility index (Phi) is 2.95. The van der Waals surface area contributed by atoms with Crippen molar-refractivity contribution in [1.29, 1.82) is 0 Å². The normalized spacial score (nSPS) is 17.3. The first-order chi connectivity index (χ1) is 8.24. The molecule has 1 saturated carbocycles. The Morgan fingerprint density at radius 3 is 2.50 bits per heavy atom. The second-order valence-electron chi connectivity index (χ2n) is 4.90. The molecule has 1 aromatic rings. The molecule has 0 unspecified atom stereocenters. The molecule has 0 atom stereocenters. The molecule has 18 heavy (non-hydrogen) atoms. The maximum Gasteiger partial charge on any atom is 0.317 e. The molecule has 0 aromatic heterocycles. The Morgan fingerprint density at radius 1 is 1.39 bits per heavy atom. The van der Waals surface area contributed by atoms with E-state index in [0.717, 1.165) is 12.8 Å². The van der Waals surface area contributed by atoms with E-state index >= 15 is 0 Å². The number of carbonyl (C=O) groups excluding carboxylic acids is 1. The lowest BCUT2D eigenvalue weighted by Gasteiger charge is -2.13. The molecule has 1 aliphatic rings. The van der Waals surface area contributed by atoms with E-state index < -0.39 is 21.4 Å². The van der Waals surface area contributed by atoms with E-state index in [1.54, 1.807) is 26.0 Å². The first kappa shape index (κ1) is 13.0. The van der Waals surface area contributed by atoms with Crippen LogP contribution >= 0.6 is 0 Å². The fraction of sp³-hybridized carbons (Fsp3) is 0.417. The highest BCUT2D eigenvalue weighted by molar-refractivity contribution is 7.89. The van der Waals surface area contributed by atoms with Crippen molar-refractivity contribution in [3.63, 3.8) is 0 Å². The summed E-state index contributed by atoms with van der Waals surface area (Å²) in [7, 11) is -3.90. The highest BCUT2D eigenvalue weighted by atomic mass is 32.2. The van der Waals surface area contributed by atoms with Gasteiger partial charge >= 0.3 is 5.97 Å². The number of benzene rings is 1. The summed E-state index contributed by atoms with van der Waals surface area (Å²) in [6.07, 6.45) is 1.53. The third-order valence-electron chi connectivity index (χ3n) is 3.17. The molecule has 2 rings (SSSR count). The van der Waals surface area contributed by atoms with Gasteiger partial charge in [0.1, 0.15) is 4.90 Å². The fourth-order valence-corrected chi connectivity index (χ4v) is 2.32. The van der Waals surface area contributed by atoms with Crippen LogP contribution in [-0.2, 0) is 14.8 Å². The molecule has 6 heteroatoms. The smallest absolute Gasteiger partial charge is 0.317 e. The summed E-state index contributed by atoms with van der Waals surface area (Å²) >= 11 is 0. The third-order valence-corrected chi connectivity index (χ3v) is 4.10. The van der Waals surface area contributed by atoms with Gasteiger partial charge in [0.25, 0.3) is 0 Å². The number of primary sulfonamides is 1. The van der Waals surface area contributed by atoms with E-state index in [2.05, 4.69) is 0 Å². The van der Waals surface area contributed by atoms with E-state index in [1.807, 2.05) is 0 Å². The summed E-state index contributed by atoms with van der Waals surface area (Å²) < 4.78 is 28.1. The SMILES string of the molecule is Cc1cccc(S(N)(=O)=O)c1OC(=O)C1(C)CC1. The molecule has 0 radical (unpaired) electrons. The number of ether oxygens (including phenoxy) is 1. The van der Waals surface area contributed by atoms with Crippen molar-refractivity contribution in [3.05, 3.63) is 23.8 Å². The summed E-state index contributed by atoms with van der Waals surface area (Å²) in [5.74, 6) is -0.361. The highest BCUT2D eigenvalue weighted by Gasteiger charge is 2.47. The number of para-hydroxylation sites is 1. The van der Waals surface area contributed by atoms with Crippen LogP contribution in [0.5, 0.6) is 5.75 Å². The Balaban J connectivity index is 2.41. The predicted octanol–water partition coefficient (Wildman–Crippen LogP) is 1.35. The number of aryl methyl sites for hydroxylation is 1. The molecule has 1 aliphatic carbocycles. The van der Waals surface area contributed by atoms with Gasteiger partial charge in [-0.1, -0.05) is 12.1 Å². The minimum Gasteiger partial charge on any atom is -0.424 e. The van der Waals surface area contributed by atoms with Gasteiger partial charge in [-0.3, -0.25) is 4.79 Å². The maximum atomic E-state index is 11.9. The van der Waals surface area contributed by atoms with Crippen molar-refractivity contribution in [2.45, 2.75) is 31.6 Å². The Bertz CT molecular complexity index is 603. The molecule has 2 N–H and O–H groups in total. The van der Waals surface area contributed by atoms with Crippen LogP contribution in [0, 0.1) is 12.3 Å². The second kappa shape index (κ2) is 4.07. The van der Waals surface area contributed by atoms with Crippen LogP contribution in [0.1, 0.15) is 25.3 Å². The van der Waals surface area contributed by atoms with E-state index in [-0.39, 0.29) is 10.6 Å². The molecule has 0 aliphatic heterocycles. The fourth-order valence-electron chi connectivity index (χ4n) is 1.59. The number of carbonyl (C=O) groups is 1. The summed E-state index contributed by atoms with van der Waals surface area (Å²) in [4.78, 5) is 11.7. The number of esters is 1. The van der Waals surface area contributed by atoms with Crippen molar-refractivity contribution in [1.82, 2.24) is 0 Å². The topological polar surface area (TPSA) is 86.5 Å². The van der Waals surface area contributed by atoms with Crippen molar-refractivity contribution in [2.75, 3.05) is 0 Å². The van der Waals surface area contributed by atoms with Gasteiger partial charge in [-0.25, -0.2) is 13.6 Å². The van der Waals surface area contributed by atoms with Crippen LogP contribution in [0.4, 0.5) is 0 Å². The molecule has 1 aromatic carbocycles. The zero-order valence-electron chi connectivity index (χ0n) is 10.3. The lowest BCUT2D eigenvalue weighted by molar-refractivity contribution is -0.140. The average Bonchev–Trinajstić information content (AvgIpc) is 2.99. The van der Waals surface area contributed by atoms with E-state index in [1.165, 1.54) is 6.07 Å². The Morgan fingerprint density at radius 2 is 2.00 bits per heavy atom. The molecule has 98 valence electrons. The minimum atomic E-state index is -3.90. The molecule has 1 fully saturated rings. The van der Waals surface area contributed by atoms with E-state index in [4.69, 9.17) is 9.88 Å². The number of hydrogen-bond acceptors (Lipinski definition) is 4. The monoisotopic (exact) mass is 269 g/mol. The Hall–Kier alpha value is -1.40. The Labute approximate surface area is 106 Å². The third kappa shape index (κ3) is 2.39. The average molecular weight is 269 g/mol. The largest absolute Gasteiger partial charge is 0.424 e. The van der Waals surface area contributed by atoms with Gasteiger partial charge in [0.05, 0.1) is 5.41 Å². The second-order valence-corrected chi connectivity index (χ2v) is 6.43. The van der Waals surface area contributed by atoms with Gasteiger partial charge in [0.2, 0.25) is 10.0 Å². The molecule has 0 spiro atoms. The molecule has 0 heterocycles. The standard InChI is InChI=1S/C12H15NO4S/c1-8-4-3-5-9(18(13,15)16)10(8)17-11(14)12(2)6-7-12/h3-5H,6-7H2,1-2H3,(H2,13,15,16). The first-order valence-corrected chi connectivity index (χ1v) is 7.13. The van der Waals surface area contributed by atoms with Crippen LogP contribution in [0.2, 0.25) is 0 Å². The van der Waals surface area contributed by atoms with Crippen LogP contribution in [-0.4, -0.2) is 14.4 Å². The van der Waals surface area contributed by atoms with Crippen LogP contribution in [0.15, 0.2) is 23.1 Å². The zero-order valence-corrected chi connectivity index (χ0v) is 11.1. The van der Waals surface area contributed by atoms with Gasteiger partial charge in [0, 0.05) is 0 Å². The van der Waals surface area contributed by atoms with Crippen molar-refractivity contribution in [2.24, 2.45) is 10.6 Å². The maximum absolute atomic E-state index is 11.9. The lowest BCUT2D eigenvalue weighted by Crippen LogP contribution is -2.22. The number of nitrogens with two attached hydrogens (primary N) is 1. The predicted molar refractivity (Wildman–Crippen MR) is 65.5 cm³/mol. The summed E-state index contributed by atoms with van der Waals surface area (Å²) in [6.45, 7) is 3.47. The van der Waals surface area contributed by atoms with Crippen LogP contribution in [0.25, 0.3) is 0 Å². The summed E-state index contributed by atoms with van der Waals surface area (Å²) in [6, 6.07) is 4.57. The van der Waals surface area contributed by atoms with Crippen LogP contribution in [0.3, 0.4) is 0 Å². The molecule has 5 nitrogen and oxygen atoms in total. The molecule has 0 bridgehead atoms. The summed E-state index contributed by atoms with van der Waals surface area (Å²) in [5.41, 5.74) is 0.0943. The minimum absolute atomic E-state index is 0.0399. The number of rotatable bonds is 3. The molecule has 0 amide bonds. The first-order valence-electron chi connectivity index (χ1n) is 5.59. The van der Waals surface area contributed by atoms with Gasteiger partial charge in [-0.15, -0.1) is 0 Å². The van der Waals surface area contributed by atoms with E-state index in [9.17, 15) is 13.2 Å². The summed E-state index contributed by atoms with van der Waals surface area (Å²) in [5, 5.41) is 5.11. The number of hydrogen-bond donors (Lipinski definition) is 1. The van der Waals surface area contributed by atoms with Crippen molar-refractivity contribution in [3.8, 4) is 5.75 Å². The van der Waals surface area contributed by atoms with Crippen LogP contribution < -0.4 is 9.88 Å². The zero-order chi connectivity index (χ0) is 13.6. The van der Waals surface area contributed by atoms with Gasteiger partial charge in [0.15, 0.2) is 5.75 Å². The lowest BCUT2D eigenvalue weighted by atomic mass is 10.1. The van der Waals surface area contributed by atoms with Gasteiger partial charge in [-0.05, 0) is 38.3 Å². The van der Waals surface area contributed by atoms with Crippen molar-refractivity contribution < 1.29 is 17.9 Å². The van der Waals surface area contributed by atoms with Gasteiger partial charge < -0.3 is 4.74 Å². The molecule has 0 saturated heterocycles. The number of sulfonamides is 1.